The van der Waals surface area contributed by atoms with Gasteiger partial charge in [-0.05, 0) is 0 Å². The van der Waals surface area contributed by atoms with Gasteiger partial charge in [-0.25, -0.2) is 16.8 Å². The monoisotopic (exact) mass is 257 g/mol. The molecule has 6 nitrogen and oxygen atoms in total. The van der Waals surface area contributed by atoms with Crippen molar-refractivity contribution in [1.82, 2.24) is 4.31 Å². The number of aliphatic hydroxyl groups excluding tert-OH is 1. The molecule has 0 heterocycles. The summed E-state index contributed by atoms with van der Waals surface area (Å²) in [5.74, 6) is 0. The van der Waals surface area contributed by atoms with E-state index in [0.717, 1.165) is 10.6 Å². The Morgan fingerprint density at radius 3 is 2.20 bits per heavy atom. The van der Waals surface area contributed by atoms with Crippen LogP contribution in [0.15, 0.2) is 12.7 Å². The van der Waals surface area contributed by atoms with Gasteiger partial charge in [-0.2, -0.15) is 4.31 Å². The molecule has 0 aromatic rings. The van der Waals surface area contributed by atoms with Gasteiger partial charge in [0, 0.05) is 19.3 Å². The first-order valence-corrected chi connectivity index (χ1v) is 7.77. The molecule has 8 heteroatoms. The van der Waals surface area contributed by atoms with Crippen molar-refractivity contribution >= 4 is 19.9 Å². The Labute approximate surface area is 90.2 Å². The molecule has 15 heavy (non-hydrogen) atoms. The number of hydrogen-bond donors (Lipinski definition) is 1. The van der Waals surface area contributed by atoms with Crippen molar-refractivity contribution in [3.8, 4) is 0 Å². The zero-order chi connectivity index (χ0) is 12.1. The summed E-state index contributed by atoms with van der Waals surface area (Å²) in [6.07, 6.45) is 2.17. The van der Waals surface area contributed by atoms with Crippen LogP contribution in [0.4, 0.5) is 0 Å². The van der Waals surface area contributed by atoms with Gasteiger partial charge < -0.3 is 5.11 Å². The van der Waals surface area contributed by atoms with Crippen LogP contribution in [0.2, 0.25) is 0 Å². The summed E-state index contributed by atoms with van der Waals surface area (Å²) < 4.78 is 45.6. The van der Waals surface area contributed by atoms with E-state index >= 15 is 0 Å². The Bertz CT molecular complexity index is 397. The van der Waals surface area contributed by atoms with Gasteiger partial charge in [0.15, 0.2) is 14.9 Å². The summed E-state index contributed by atoms with van der Waals surface area (Å²) >= 11 is 0. The van der Waals surface area contributed by atoms with E-state index in [1.807, 2.05) is 0 Å². The van der Waals surface area contributed by atoms with Crippen LogP contribution in [0.1, 0.15) is 0 Å². The maximum absolute atomic E-state index is 11.5. The first-order chi connectivity index (χ1) is 6.73. The third-order valence-corrected chi connectivity index (χ3v) is 5.46. The van der Waals surface area contributed by atoms with Crippen LogP contribution in [0, 0.1) is 0 Å². The lowest BCUT2D eigenvalue weighted by molar-refractivity contribution is 0.260. The van der Waals surface area contributed by atoms with Gasteiger partial charge in [-0.15, -0.1) is 6.58 Å². The molecule has 0 saturated heterocycles. The molecule has 1 N–H and O–H groups in total. The number of nitrogens with zero attached hydrogens (tertiary/aromatic N) is 1. The van der Waals surface area contributed by atoms with Crippen LogP contribution in [0.3, 0.4) is 0 Å². The third kappa shape index (κ3) is 5.88. The predicted molar refractivity (Wildman–Crippen MR) is 57.5 cm³/mol. The fraction of sp³-hybridized carbons (Fsp3) is 0.714. The molecule has 0 saturated carbocycles. The van der Waals surface area contributed by atoms with Crippen LogP contribution in [-0.2, 0) is 19.9 Å². The second-order valence-electron chi connectivity index (χ2n) is 3.03. The lowest BCUT2D eigenvalue weighted by atomic mass is 10.6. The molecule has 0 unspecified atom stereocenters. The molecule has 0 atom stereocenters. The molecule has 0 rings (SSSR count). The summed E-state index contributed by atoms with van der Waals surface area (Å²) in [4.78, 5) is 0. The number of aliphatic hydroxyl groups is 1. The lowest BCUT2D eigenvalue weighted by Crippen LogP contribution is -2.37. The van der Waals surface area contributed by atoms with Crippen molar-refractivity contribution in [2.75, 3.05) is 31.0 Å². The van der Waals surface area contributed by atoms with Gasteiger partial charge in [0.2, 0.25) is 10.0 Å². The van der Waals surface area contributed by atoms with Gasteiger partial charge in [0.25, 0.3) is 0 Å². The molecule has 0 aliphatic carbocycles. The van der Waals surface area contributed by atoms with E-state index < -0.39 is 24.9 Å². The highest BCUT2D eigenvalue weighted by Gasteiger charge is 2.25. The van der Waals surface area contributed by atoms with Crippen LogP contribution in [0.5, 0.6) is 0 Å². The first kappa shape index (κ1) is 14.6. The molecule has 0 spiro atoms. The van der Waals surface area contributed by atoms with Crippen molar-refractivity contribution < 1.29 is 21.9 Å². The minimum atomic E-state index is -3.89. The van der Waals surface area contributed by atoms with Gasteiger partial charge >= 0.3 is 0 Å². The van der Waals surface area contributed by atoms with Crippen molar-refractivity contribution in [3.05, 3.63) is 12.7 Å². The standard InChI is InChI=1S/C7H15NO5S2/c1-3-4-8(5-6-9)15(12,13)7-14(2,10)11/h3,9H,1,4-7H2,2H3. The number of hydrogen-bond acceptors (Lipinski definition) is 5. The Morgan fingerprint density at radius 1 is 1.33 bits per heavy atom. The van der Waals surface area contributed by atoms with Crippen molar-refractivity contribution in [3.63, 3.8) is 0 Å². The Balaban J connectivity index is 4.87. The van der Waals surface area contributed by atoms with Gasteiger partial charge in [0.05, 0.1) is 6.61 Å². The van der Waals surface area contributed by atoms with Crippen LogP contribution >= 0.6 is 0 Å². The highest BCUT2D eigenvalue weighted by Crippen LogP contribution is 2.04. The molecular weight excluding hydrogens is 242 g/mol. The second kappa shape index (κ2) is 5.59. The van der Waals surface area contributed by atoms with E-state index in [2.05, 4.69) is 6.58 Å². The SMILES string of the molecule is C=CCN(CCO)S(=O)(=O)CS(C)(=O)=O. The minimum absolute atomic E-state index is 0.0155. The molecule has 0 aliphatic heterocycles. The van der Waals surface area contributed by atoms with Gasteiger partial charge in [-0.1, -0.05) is 6.08 Å². The maximum atomic E-state index is 11.5. The van der Waals surface area contributed by atoms with E-state index in [1.165, 1.54) is 6.08 Å². The Kier molecular flexibility index (Phi) is 5.43. The van der Waals surface area contributed by atoms with E-state index in [1.54, 1.807) is 0 Å². The lowest BCUT2D eigenvalue weighted by Gasteiger charge is -2.18. The normalized spacial score (nSPS) is 13.0. The average Bonchev–Trinajstić information content (AvgIpc) is 1.99. The fourth-order valence-corrected chi connectivity index (χ4v) is 4.40. The largest absolute Gasteiger partial charge is 0.395 e. The molecule has 0 aromatic carbocycles. The summed E-state index contributed by atoms with van der Waals surface area (Å²) in [5, 5.41) is 7.68. The zero-order valence-corrected chi connectivity index (χ0v) is 10.1. The van der Waals surface area contributed by atoms with E-state index in [4.69, 9.17) is 5.11 Å². The predicted octanol–water partition coefficient (Wildman–Crippen LogP) is -1.20. The second-order valence-corrected chi connectivity index (χ2v) is 7.50. The van der Waals surface area contributed by atoms with E-state index in [0.29, 0.717) is 0 Å². The first-order valence-electron chi connectivity index (χ1n) is 4.10. The number of rotatable bonds is 7. The van der Waals surface area contributed by atoms with E-state index in [9.17, 15) is 16.8 Å². The molecule has 90 valence electrons. The van der Waals surface area contributed by atoms with E-state index in [-0.39, 0.29) is 19.7 Å². The smallest absolute Gasteiger partial charge is 0.228 e. The summed E-state index contributed by atoms with van der Waals surface area (Å²) in [5.41, 5.74) is 0. The third-order valence-electron chi connectivity index (χ3n) is 1.44. The van der Waals surface area contributed by atoms with Gasteiger partial charge in [-0.3, -0.25) is 0 Å². The molecule has 0 amide bonds. The molecule has 0 bridgehead atoms. The molecule has 0 aromatic heterocycles. The molecule has 0 aliphatic rings. The highest BCUT2D eigenvalue weighted by molar-refractivity contribution is 8.06. The minimum Gasteiger partial charge on any atom is -0.395 e. The van der Waals surface area contributed by atoms with Crippen LogP contribution in [0.25, 0.3) is 0 Å². The van der Waals surface area contributed by atoms with Gasteiger partial charge in [0.1, 0.15) is 0 Å². The summed E-state index contributed by atoms with van der Waals surface area (Å²) in [6.45, 7) is 2.84. The van der Waals surface area contributed by atoms with Crippen molar-refractivity contribution in [2.45, 2.75) is 0 Å². The Morgan fingerprint density at radius 2 is 1.87 bits per heavy atom. The van der Waals surface area contributed by atoms with Crippen LogP contribution < -0.4 is 0 Å². The van der Waals surface area contributed by atoms with Crippen LogP contribution in [-0.4, -0.2) is 57.3 Å². The quantitative estimate of drug-likeness (QED) is 0.578. The maximum Gasteiger partial charge on any atom is 0.228 e. The number of sulfonamides is 1. The Hall–Kier alpha value is -0.440. The fourth-order valence-electron chi connectivity index (χ4n) is 0.945. The number of sulfone groups is 1. The highest BCUT2D eigenvalue weighted by atomic mass is 32.3. The average molecular weight is 257 g/mol. The summed E-state index contributed by atoms with van der Waals surface area (Å²) in [7, 11) is -7.50. The molecule has 0 fully saturated rings. The van der Waals surface area contributed by atoms with Crippen molar-refractivity contribution in [1.29, 1.82) is 0 Å². The molecule has 0 radical (unpaired) electrons. The van der Waals surface area contributed by atoms with Crippen molar-refractivity contribution in [2.24, 2.45) is 0 Å². The summed E-state index contributed by atoms with van der Waals surface area (Å²) in [6, 6.07) is 0. The molecular formula is C7H15NO5S2. The zero-order valence-electron chi connectivity index (χ0n) is 8.46. The topological polar surface area (TPSA) is 91.8 Å².